The third-order valence-corrected chi connectivity index (χ3v) is 7.65. The van der Waals surface area contributed by atoms with E-state index in [1.807, 2.05) is 0 Å². The fourth-order valence-electron chi connectivity index (χ4n) is 4.58. The summed E-state index contributed by atoms with van der Waals surface area (Å²) >= 11 is 0. The lowest BCUT2D eigenvalue weighted by atomic mass is 9.91. The van der Waals surface area contributed by atoms with Gasteiger partial charge in [-0.3, -0.25) is 19.5 Å². The summed E-state index contributed by atoms with van der Waals surface area (Å²) in [4.78, 5) is 38.6. The molecule has 31 heavy (non-hydrogen) atoms. The summed E-state index contributed by atoms with van der Waals surface area (Å²) in [6.07, 6.45) is 5.41. The molecule has 2 unspecified atom stereocenters. The van der Waals surface area contributed by atoms with Crippen LogP contribution in [0, 0.1) is 10.1 Å². The molecule has 1 heterocycles. The van der Waals surface area contributed by atoms with Crippen LogP contribution in [0.1, 0.15) is 55.8 Å². The minimum Gasteiger partial charge on any atom is -0.311 e. The van der Waals surface area contributed by atoms with E-state index in [9.17, 15) is 28.1 Å². The molecule has 10 nitrogen and oxygen atoms in total. The van der Waals surface area contributed by atoms with Gasteiger partial charge < -0.3 is 4.98 Å². The fraction of sp³-hybridized carbons (Fsp3) is 0.500. The second kappa shape index (κ2) is 8.39. The van der Waals surface area contributed by atoms with Crippen LogP contribution in [-0.2, 0) is 22.9 Å². The van der Waals surface area contributed by atoms with Crippen LogP contribution in [0.2, 0.25) is 0 Å². The van der Waals surface area contributed by atoms with Gasteiger partial charge in [0.2, 0.25) is 10.0 Å². The molecule has 1 aromatic heterocycles. The lowest BCUT2D eigenvalue weighted by Gasteiger charge is -2.31. The van der Waals surface area contributed by atoms with Crippen LogP contribution in [-0.4, -0.2) is 28.9 Å². The number of nitro benzene ring substituents is 1. The number of hydrogen-bond donors (Lipinski definition) is 2. The first-order chi connectivity index (χ1) is 14.8. The number of sulfonamides is 1. The van der Waals surface area contributed by atoms with Crippen molar-refractivity contribution in [3.05, 3.63) is 66.5 Å². The number of nitro groups is 1. The zero-order valence-electron chi connectivity index (χ0n) is 16.9. The van der Waals surface area contributed by atoms with Crippen molar-refractivity contribution in [1.29, 1.82) is 0 Å². The summed E-state index contributed by atoms with van der Waals surface area (Å²) in [6.45, 7) is 0. The summed E-state index contributed by atoms with van der Waals surface area (Å²) in [5.41, 5.74) is 0.503. The van der Waals surface area contributed by atoms with Crippen LogP contribution in [0.15, 0.2) is 38.8 Å². The number of benzene rings is 1. The first-order valence-corrected chi connectivity index (χ1v) is 11.9. The van der Waals surface area contributed by atoms with Gasteiger partial charge in [-0.15, -0.1) is 0 Å². The summed E-state index contributed by atoms with van der Waals surface area (Å²) in [6, 6.07) is 3.84. The van der Waals surface area contributed by atoms with E-state index in [0.29, 0.717) is 44.1 Å². The average Bonchev–Trinajstić information content (AvgIpc) is 2.74. The van der Waals surface area contributed by atoms with Gasteiger partial charge in [-0.25, -0.2) is 17.9 Å². The Labute approximate surface area is 178 Å². The van der Waals surface area contributed by atoms with E-state index >= 15 is 0 Å². The zero-order valence-corrected chi connectivity index (χ0v) is 17.7. The highest BCUT2D eigenvalue weighted by Gasteiger charge is 2.30. The van der Waals surface area contributed by atoms with E-state index in [2.05, 4.69) is 9.71 Å². The highest BCUT2D eigenvalue weighted by molar-refractivity contribution is 7.89. The molecule has 2 aromatic rings. The van der Waals surface area contributed by atoms with Gasteiger partial charge in [-0.05, 0) is 63.5 Å². The van der Waals surface area contributed by atoms with Crippen LogP contribution in [0.4, 0.5) is 5.69 Å². The Hall–Kier alpha value is -2.79. The number of rotatable bonds is 5. The SMILES string of the molecule is O=c1[nH]c2c(c(=O)n1C1CCCC(NS(=O)(=O)c3ccc([N+](=O)[O-])cc3)C1)CCCC2. The number of aromatic nitrogens is 2. The van der Waals surface area contributed by atoms with Crippen molar-refractivity contribution in [3.8, 4) is 0 Å². The largest absolute Gasteiger partial charge is 0.328 e. The number of fused-ring (bicyclic) bond motifs is 1. The summed E-state index contributed by atoms with van der Waals surface area (Å²) in [5.74, 6) is 0. The molecule has 1 saturated carbocycles. The standard InChI is InChI=1S/C20H24N4O6S/c25-19-17-6-1-2-7-18(17)21-20(26)23(19)15-5-3-4-13(12-15)22-31(29,30)16-10-8-14(9-11-16)24(27)28/h8-11,13,15,22H,1-7,12H2,(H,21,26). The monoisotopic (exact) mass is 448 g/mol. The first-order valence-electron chi connectivity index (χ1n) is 10.4. The van der Waals surface area contributed by atoms with Crippen molar-refractivity contribution in [3.63, 3.8) is 0 Å². The number of aryl methyl sites for hydroxylation is 1. The fourth-order valence-corrected chi connectivity index (χ4v) is 5.86. The van der Waals surface area contributed by atoms with Crippen molar-refractivity contribution < 1.29 is 13.3 Å². The van der Waals surface area contributed by atoms with Gasteiger partial charge in [0.1, 0.15) is 0 Å². The maximum Gasteiger partial charge on any atom is 0.328 e. The van der Waals surface area contributed by atoms with E-state index in [1.165, 1.54) is 16.7 Å². The minimum atomic E-state index is -3.89. The number of non-ortho nitro benzene ring substituents is 1. The third kappa shape index (κ3) is 4.33. The van der Waals surface area contributed by atoms with Crippen LogP contribution >= 0.6 is 0 Å². The van der Waals surface area contributed by atoms with Gasteiger partial charge in [-0.2, -0.15) is 0 Å². The third-order valence-electron chi connectivity index (χ3n) is 6.11. The molecule has 0 saturated heterocycles. The predicted octanol–water partition coefficient (Wildman–Crippen LogP) is 1.79. The molecule has 1 fully saturated rings. The molecule has 4 rings (SSSR count). The predicted molar refractivity (Wildman–Crippen MR) is 113 cm³/mol. The van der Waals surface area contributed by atoms with Crippen LogP contribution in [0.25, 0.3) is 0 Å². The van der Waals surface area contributed by atoms with Gasteiger partial charge in [0.25, 0.3) is 11.2 Å². The Morgan fingerprint density at radius 3 is 2.48 bits per heavy atom. The van der Waals surface area contributed by atoms with Crippen LogP contribution in [0.3, 0.4) is 0 Å². The van der Waals surface area contributed by atoms with Crippen LogP contribution < -0.4 is 16.0 Å². The smallest absolute Gasteiger partial charge is 0.311 e. The lowest BCUT2D eigenvalue weighted by molar-refractivity contribution is -0.384. The van der Waals surface area contributed by atoms with Crippen LogP contribution in [0.5, 0.6) is 0 Å². The second-order valence-electron chi connectivity index (χ2n) is 8.16. The van der Waals surface area contributed by atoms with Crippen molar-refractivity contribution in [2.24, 2.45) is 0 Å². The minimum absolute atomic E-state index is 0.0657. The number of hydrogen-bond acceptors (Lipinski definition) is 6. The maximum absolute atomic E-state index is 13.0. The first kappa shape index (κ1) is 21.4. The van der Waals surface area contributed by atoms with E-state index in [4.69, 9.17) is 0 Å². The maximum atomic E-state index is 13.0. The Morgan fingerprint density at radius 2 is 1.77 bits per heavy atom. The summed E-state index contributed by atoms with van der Waals surface area (Å²) in [5, 5.41) is 10.8. The number of nitrogens with one attached hydrogen (secondary N) is 2. The summed E-state index contributed by atoms with van der Waals surface area (Å²) in [7, 11) is -3.89. The van der Waals surface area contributed by atoms with Crippen molar-refractivity contribution in [1.82, 2.24) is 14.3 Å². The van der Waals surface area contributed by atoms with Gasteiger partial charge in [0, 0.05) is 35.5 Å². The topological polar surface area (TPSA) is 144 Å². The molecule has 0 bridgehead atoms. The van der Waals surface area contributed by atoms with E-state index in [-0.39, 0.29) is 22.2 Å². The molecule has 0 aliphatic heterocycles. The highest BCUT2D eigenvalue weighted by Crippen LogP contribution is 2.28. The molecule has 166 valence electrons. The van der Waals surface area contributed by atoms with Gasteiger partial charge in [0.05, 0.1) is 9.82 Å². The Balaban J connectivity index is 1.55. The number of aromatic amines is 1. The Kier molecular flexibility index (Phi) is 5.80. The van der Waals surface area contributed by atoms with Crippen molar-refractivity contribution in [2.75, 3.05) is 0 Å². The normalized spacial score (nSPS) is 21.4. The molecule has 0 spiro atoms. The molecule has 0 radical (unpaired) electrons. The molecular weight excluding hydrogens is 424 g/mol. The number of nitrogens with zero attached hydrogens (tertiary/aromatic N) is 2. The zero-order chi connectivity index (χ0) is 22.2. The Bertz CT molecular complexity index is 1220. The molecule has 2 aliphatic carbocycles. The molecule has 0 amide bonds. The molecule has 11 heteroatoms. The molecule has 2 atom stereocenters. The second-order valence-corrected chi connectivity index (χ2v) is 9.87. The molecule has 2 N–H and O–H groups in total. The summed E-state index contributed by atoms with van der Waals surface area (Å²) < 4.78 is 29.4. The van der Waals surface area contributed by atoms with Gasteiger partial charge in [0.15, 0.2) is 0 Å². The average molecular weight is 449 g/mol. The number of H-pyrrole nitrogens is 1. The van der Waals surface area contributed by atoms with E-state index < -0.39 is 26.7 Å². The Morgan fingerprint density at radius 1 is 1.06 bits per heavy atom. The van der Waals surface area contributed by atoms with Gasteiger partial charge in [-0.1, -0.05) is 0 Å². The van der Waals surface area contributed by atoms with E-state index in [1.54, 1.807) is 0 Å². The quantitative estimate of drug-likeness (QED) is 0.527. The van der Waals surface area contributed by atoms with Crippen molar-refractivity contribution >= 4 is 15.7 Å². The van der Waals surface area contributed by atoms with E-state index in [0.717, 1.165) is 30.7 Å². The molecule has 2 aliphatic rings. The molecular formula is C20H24N4O6S. The van der Waals surface area contributed by atoms with Crippen molar-refractivity contribution in [2.45, 2.75) is 68.3 Å². The highest BCUT2D eigenvalue weighted by atomic mass is 32.2. The lowest BCUT2D eigenvalue weighted by Crippen LogP contribution is -2.46. The van der Waals surface area contributed by atoms with Gasteiger partial charge >= 0.3 is 5.69 Å². The molecule has 1 aromatic carbocycles.